The molecule has 1 aromatic heterocycles. The van der Waals surface area contributed by atoms with Crippen molar-refractivity contribution in [3.8, 4) is 5.69 Å². The standard InChI is InChI=1S/C18H21N5O2/c24-17-10-13(12-22(17)14-6-7-14)11-19-18(25)20-16-8-9-23(21-16)15-4-2-1-3-5-15/h1-5,8-9,13-14H,6-7,10-12H2,(H2,19,20,21,25)/t13-/m1/s1. The molecule has 0 spiro atoms. The van der Waals surface area contributed by atoms with Crippen LogP contribution in [0.3, 0.4) is 0 Å². The Bertz CT molecular complexity index is 769. The number of aromatic nitrogens is 2. The van der Waals surface area contributed by atoms with E-state index in [4.69, 9.17) is 0 Å². The zero-order valence-corrected chi connectivity index (χ0v) is 13.9. The Labute approximate surface area is 146 Å². The van der Waals surface area contributed by atoms with E-state index < -0.39 is 0 Å². The minimum Gasteiger partial charge on any atom is -0.339 e. The fraction of sp³-hybridized carbons (Fsp3) is 0.389. The number of para-hydroxylation sites is 1. The van der Waals surface area contributed by atoms with Gasteiger partial charge in [0.15, 0.2) is 5.82 Å². The monoisotopic (exact) mass is 339 g/mol. The van der Waals surface area contributed by atoms with Gasteiger partial charge in [-0.25, -0.2) is 9.48 Å². The fourth-order valence-electron chi connectivity index (χ4n) is 3.20. The third-order valence-electron chi connectivity index (χ3n) is 4.63. The first-order chi connectivity index (χ1) is 12.2. The molecule has 2 aliphatic rings. The Morgan fingerprint density at radius 2 is 2.00 bits per heavy atom. The highest BCUT2D eigenvalue weighted by molar-refractivity contribution is 5.88. The van der Waals surface area contributed by atoms with Crippen molar-refractivity contribution < 1.29 is 9.59 Å². The van der Waals surface area contributed by atoms with Crippen LogP contribution < -0.4 is 10.6 Å². The van der Waals surface area contributed by atoms with E-state index in [1.807, 2.05) is 35.2 Å². The first-order valence-electron chi connectivity index (χ1n) is 8.64. The van der Waals surface area contributed by atoms with Crippen LogP contribution in [0.4, 0.5) is 10.6 Å². The van der Waals surface area contributed by atoms with Crippen molar-refractivity contribution in [2.24, 2.45) is 5.92 Å². The molecule has 1 saturated heterocycles. The van der Waals surface area contributed by atoms with Crippen molar-refractivity contribution in [2.45, 2.75) is 25.3 Å². The molecule has 1 saturated carbocycles. The number of carbonyl (C=O) groups excluding carboxylic acids is 2. The zero-order valence-electron chi connectivity index (χ0n) is 13.9. The first kappa shape index (κ1) is 15.7. The summed E-state index contributed by atoms with van der Waals surface area (Å²) in [4.78, 5) is 25.9. The van der Waals surface area contributed by atoms with Crippen LogP contribution in [0.1, 0.15) is 19.3 Å². The van der Waals surface area contributed by atoms with E-state index in [0.29, 0.717) is 24.8 Å². The number of carbonyl (C=O) groups is 2. The number of hydrogen-bond donors (Lipinski definition) is 2. The van der Waals surface area contributed by atoms with E-state index >= 15 is 0 Å². The summed E-state index contributed by atoms with van der Waals surface area (Å²) < 4.78 is 1.71. The molecule has 2 heterocycles. The van der Waals surface area contributed by atoms with Gasteiger partial charge in [-0.3, -0.25) is 10.1 Å². The lowest BCUT2D eigenvalue weighted by Crippen LogP contribution is -2.34. The van der Waals surface area contributed by atoms with E-state index in [2.05, 4.69) is 15.7 Å². The van der Waals surface area contributed by atoms with Crippen LogP contribution in [0.25, 0.3) is 5.69 Å². The number of hydrogen-bond acceptors (Lipinski definition) is 3. The molecule has 2 aromatic rings. The van der Waals surface area contributed by atoms with Gasteiger partial charge in [-0.05, 0) is 25.0 Å². The van der Waals surface area contributed by atoms with Gasteiger partial charge in [-0.1, -0.05) is 18.2 Å². The van der Waals surface area contributed by atoms with Crippen LogP contribution in [0.15, 0.2) is 42.6 Å². The molecule has 0 radical (unpaired) electrons. The summed E-state index contributed by atoms with van der Waals surface area (Å²) in [6, 6.07) is 11.6. The van der Waals surface area contributed by atoms with Gasteiger partial charge in [0.05, 0.1) is 5.69 Å². The van der Waals surface area contributed by atoms with Gasteiger partial charge in [0.1, 0.15) is 0 Å². The molecule has 1 aliphatic carbocycles. The lowest BCUT2D eigenvalue weighted by atomic mass is 10.1. The third kappa shape index (κ3) is 3.65. The Hall–Kier alpha value is -2.83. The molecular weight excluding hydrogens is 318 g/mol. The normalized spacial score (nSPS) is 19.9. The number of nitrogens with one attached hydrogen (secondary N) is 2. The molecule has 3 amide bonds. The van der Waals surface area contributed by atoms with Crippen molar-refractivity contribution in [3.63, 3.8) is 0 Å². The molecule has 130 valence electrons. The van der Waals surface area contributed by atoms with Gasteiger partial charge in [-0.15, -0.1) is 5.10 Å². The van der Waals surface area contributed by atoms with Crippen LogP contribution in [-0.4, -0.2) is 45.8 Å². The molecule has 7 nitrogen and oxygen atoms in total. The highest BCUT2D eigenvalue weighted by Gasteiger charge is 2.39. The molecule has 1 atom stereocenters. The second-order valence-corrected chi connectivity index (χ2v) is 6.66. The average molecular weight is 339 g/mol. The summed E-state index contributed by atoms with van der Waals surface area (Å²) in [6.07, 6.45) is 4.57. The molecule has 7 heteroatoms. The predicted octanol–water partition coefficient (Wildman–Crippen LogP) is 2.00. The number of urea groups is 1. The second-order valence-electron chi connectivity index (χ2n) is 6.66. The Kier molecular flexibility index (Phi) is 4.13. The molecular formula is C18H21N5O2. The topological polar surface area (TPSA) is 79.3 Å². The summed E-state index contributed by atoms with van der Waals surface area (Å²) in [5.41, 5.74) is 0.931. The van der Waals surface area contributed by atoms with E-state index in [1.165, 1.54) is 0 Å². The molecule has 2 fully saturated rings. The SMILES string of the molecule is O=C(NC[C@H]1CC(=O)N(C2CC2)C1)Nc1ccn(-c2ccccc2)n1. The lowest BCUT2D eigenvalue weighted by Gasteiger charge is -2.15. The molecule has 2 N–H and O–H groups in total. The number of benzene rings is 1. The van der Waals surface area contributed by atoms with Gasteiger partial charge in [-0.2, -0.15) is 0 Å². The maximum absolute atomic E-state index is 12.1. The maximum atomic E-state index is 12.1. The average Bonchev–Trinajstić information content (AvgIpc) is 3.24. The van der Waals surface area contributed by atoms with Crippen molar-refractivity contribution in [3.05, 3.63) is 42.6 Å². The quantitative estimate of drug-likeness (QED) is 0.874. The third-order valence-corrected chi connectivity index (χ3v) is 4.63. The van der Waals surface area contributed by atoms with Gasteiger partial charge in [0.25, 0.3) is 0 Å². The lowest BCUT2D eigenvalue weighted by molar-refractivity contribution is -0.128. The molecule has 0 unspecified atom stereocenters. The van der Waals surface area contributed by atoms with Crippen LogP contribution >= 0.6 is 0 Å². The minimum absolute atomic E-state index is 0.195. The number of rotatable bonds is 5. The molecule has 25 heavy (non-hydrogen) atoms. The smallest absolute Gasteiger partial charge is 0.320 e. The molecule has 1 aromatic carbocycles. The zero-order chi connectivity index (χ0) is 17.2. The van der Waals surface area contributed by atoms with Crippen molar-refractivity contribution in [1.29, 1.82) is 0 Å². The van der Waals surface area contributed by atoms with Gasteiger partial charge in [0.2, 0.25) is 5.91 Å². The highest BCUT2D eigenvalue weighted by atomic mass is 16.2. The summed E-state index contributed by atoms with van der Waals surface area (Å²) >= 11 is 0. The van der Waals surface area contributed by atoms with Crippen molar-refractivity contribution >= 4 is 17.8 Å². The van der Waals surface area contributed by atoms with E-state index in [0.717, 1.165) is 25.1 Å². The van der Waals surface area contributed by atoms with Crippen molar-refractivity contribution in [1.82, 2.24) is 20.0 Å². The van der Waals surface area contributed by atoms with E-state index in [1.54, 1.807) is 16.9 Å². The second kappa shape index (κ2) is 6.58. The minimum atomic E-state index is -0.296. The predicted molar refractivity (Wildman–Crippen MR) is 93.4 cm³/mol. The van der Waals surface area contributed by atoms with Crippen LogP contribution in [0, 0.1) is 5.92 Å². The van der Waals surface area contributed by atoms with E-state index in [-0.39, 0.29) is 17.9 Å². The summed E-state index contributed by atoms with van der Waals surface area (Å²) in [5, 5.41) is 9.92. The summed E-state index contributed by atoms with van der Waals surface area (Å²) in [5.74, 6) is 0.903. The number of amides is 3. The molecule has 0 bridgehead atoms. The van der Waals surface area contributed by atoms with Crippen LogP contribution in [0.5, 0.6) is 0 Å². The van der Waals surface area contributed by atoms with Crippen molar-refractivity contribution in [2.75, 3.05) is 18.4 Å². The Morgan fingerprint density at radius 1 is 1.20 bits per heavy atom. The van der Waals surface area contributed by atoms with Crippen LogP contribution in [0.2, 0.25) is 0 Å². The Balaban J connectivity index is 1.27. The van der Waals surface area contributed by atoms with E-state index in [9.17, 15) is 9.59 Å². The van der Waals surface area contributed by atoms with Crippen LogP contribution in [-0.2, 0) is 4.79 Å². The first-order valence-corrected chi connectivity index (χ1v) is 8.64. The number of nitrogens with zero attached hydrogens (tertiary/aromatic N) is 3. The molecule has 4 rings (SSSR count). The summed E-state index contributed by atoms with van der Waals surface area (Å²) in [7, 11) is 0. The number of likely N-dealkylation sites (tertiary alicyclic amines) is 1. The largest absolute Gasteiger partial charge is 0.339 e. The number of anilines is 1. The summed E-state index contributed by atoms with van der Waals surface area (Å²) in [6.45, 7) is 1.26. The van der Waals surface area contributed by atoms with Gasteiger partial charge < -0.3 is 10.2 Å². The maximum Gasteiger partial charge on any atom is 0.320 e. The van der Waals surface area contributed by atoms with Gasteiger partial charge >= 0.3 is 6.03 Å². The highest BCUT2D eigenvalue weighted by Crippen LogP contribution is 2.32. The fourth-order valence-corrected chi connectivity index (χ4v) is 3.20. The Morgan fingerprint density at radius 3 is 2.76 bits per heavy atom. The van der Waals surface area contributed by atoms with Gasteiger partial charge in [0, 0.05) is 43.7 Å². The molecule has 1 aliphatic heterocycles.